The molecule has 3 rings (SSSR count). The Kier molecular flexibility index (Phi) is 4.65. The standard InChI is InChI=1S/C18H20ClFN2/c19-15-6-4-13(5-7-15)8-14-9-17(21)12-22(11-14)18-3-1-2-16(20)10-18/h1-7,10,14,17H,8-9,11-12,21H2. The molecular weight excluding hydrogens is 299 g/mol. The predicted octanol–water partition coefficient (Wildman–Crippen LogP) is 3.88. The first-order valence-electron chi connectivity index (χ1n) is 7.60. The molecule has 2 aromatic rings. The van der Waals surface area contributed by atoms with Crippen LogP contribution in [0.2, 0.25) is 5.02 Å². The van der Waals surface area contributed by atoms with E-state index in [0.29, 0.717) is 5.92 Å². The molecule has 2 unspecified atom stereocenters. The fraction of sp³-hybridized carbons (Fsp3) is 0.333. The Bertz CT molecular complexity index is 629. The minimum Gasteiger partial charge on any atom is -0.370 e. The number of rotatable bonds is 3. The van der Waals surface area contributed by atoms with Crippen molar-refractivity contribution in [1.29, 1.82) is 0 Å². The molecule has 2 atom stereocenters. The SMILES string of the molecule is NC1CC(Cc2ccc(Cl)cc2)CN(c2cccc(F)c2)C1. The third kappa shape index (κ3) is 3.79. The van der Waals surface area contributed by atoms with Gasteiger partial charge >= 0.3 is 0 Å². The van der Waals surface area contributed by atoms with E-state index in [9.17, 15) is 4.39 Å². The fourth-order valence-electron chi connectivity index (χ4n) is 3.23. The van der Waals surface area contributed by atoms with E-state index in [1.165, 1.54) is 11.6 Å². The zero-order chi connectivity index (χ0) is 15.5. The number of hydrogen-bond acceptors (Lipinski definition) is 2. The number of halogens is 2. The smallest absolute Gasteiger partial charge is 0.125 e. The van der Waals surface area contributed by atoms with Gasteiger partial charge in [-0.05, 0) is 54.7 Å². The zero-order valence-electron chi connectivity index (χ0n) is 12.4. The Hall–Kier alpha value is -1.58. The topological polar surface area (TPSA) is 29.3 Å². The molecule has 4 heteroatoms. The molecule has 1 heterocycles. The summed E-state index contributed by atoms with van der Waals surface area (Å²) in [5.41, 5.74) is 8.39. The summed E-state index contributed by atoms with van der Waals surface area (Å²) in [5, 5.41) is 0.755. The lowest BCUT2D eigenvalue weighted by Crippen LogP contribution is -2.47. The summed E-state index contributed by atoms with van der Waals surface area (Å²) in [4.78, 5) is 2.19. The normalized spacial score (nSPS) is 21.9. The van der Waals surface area contributed by atoms with Crippen molar-refractivity contribution in [3.8, 4) is 0 Å². The van der Waals surface area contributed by atoms with Crippen LogP contribution < -0.4 is 10.6 Å². The number of benzene rings is 2. The molecule has 2 aromatic carbocycles. The molecule has 0 bridgehead atoms. The van der Waals surface area contributed by atoms with Gasteiger partial charge in [0.05, 0.1) is 0 Å². The van der Waals surface area contributed by atoms with Gasteiger partial charge in [0.2, 0.25) is 0 Å². The van der Waals surface area contributed by atoms with E-state index in [1.54, 1.807) is 12.1 Å². The molecule has 0 saturated carbocycles. The Morgan fingerprint density at radius 1 is 1.14 bits per heavy atom. The second-order valence-corrected chi connectivity index (χ2v) is 6.51. The molecule has 1 aliphatic rings. The monoisotopic (exact) mass is 318 g/mol. The third-order valence-corrected chi connectivity index (χ3v) is 4.43. The summed E-state index contributed by atoms with van der Waals surface area (Å²) in [6, 6.07) is 14.8. The molecule has 0 radical (unpaired) electrons. The van der Waals surface area contributed by atoms with Gasteiger partial charge < -0.3 is 10.6 Å². The maximum Gasteiger partial charge on any atom is 0.125 e. The quantitative estimate of drug-likeness (QED) is 0.930. The second kappa shape index (κ2) is 6.67. The highest BCUT2D eigenvalue weighted by molar-refractivity contribution is 6.30. The van der Waals surface area contributed by atoms with Crippen LogP contribution >= 0.6 is 11.6 Å². The second-order valence-electron chi connectivity index (χ2n) is 6.08. The van der Waals surface area contributed by atoms with Crippen LogP contribution in [0.25, 0.3) is 0 Å². The first-order chi connectivity index (χ1) is 10.6. The summed E-state index contributed by atoms with van der Waals surface area (Å²) in [6.07, 6.45) is 1.96. The van der Waals surface area contributed by atoms with Gasteiger partial charge in [-0.1, -0.05) is 29.8 Å². The molecule has 2 nitrogen and oxygen atoms in total. The lowest BCUT2D eigenvalue weighted by atomic mass is 9.89. The first kappa shape index (κ1) is 15.3. The highest BCUT2D eigenvalue weighted by Crippen LogP contribution is 2.26. The van der Waals surface area contributed by atoms with Gasteiger partial charge in [-0.15, -0.1) is 0 Å². The number of hydrogen-bond donors (Lipinski definition) is 1. The van der Waals surface area contributed by atoms with E-state index >= 15 is 0 Å². The lowest BCUT2D eigenvalue weighted by molar-refractivity contribution is 0.374. The Morgan fingerprint density at radius 3 is 2.64 bits per heavy atom. The van der Waals surface area contributed by atoms with Gasteiger partial charge in [0, 0.05) is 29.8 Å². The fourth-order valence-corrected chi connectivity index (χ4v) is 3.36. The molecule has 0 aromatic heterocycles. The van der Waals surface area contributed by atoms with E-state index in [1.807, 2.05) is 18.2 Å². The third-order valence-electron chi connectivity index (χ3n) is 4.18. The van der Waals surface area contributed by atoms with Gasteiger partial charge in [-0.3, -0.25) is 0 Å². The Morgan fingerprint density at radius 2 is 1.91 bits per heavy atom. The number of anilines is 1. The van der Waals surface area contributed by atoms with Crippen LogP contribution in [-0.2, 0) is 6.42 Å². The summed E-state index contributed by atoms with van der Waals surface area (Å²) >= 11 is 5.93. The van der Waals surface area contributed by atoms with E-state index in [4.69, 9.17) is 17.3 Å². The van der Waals surface area contributed by atoms with E-state index < -0.39 is 0 Å². The highest BCUT2D eigenvalue weighted by atomic mass is 35.5. The van der Waals surface area contributed by atoms with Gasteiger partial charge in [-0.25, -0.2) is 4.39 Å². The molecule has 116 valence electrons. The molecule has 1 saturated heterocycles. The molecular formula is C18H20ClFN2. The van der Waals surface area contributed by atoms with Crippen LogP contribution in [0.5, 0.6) is 0 Å². The van der Waals surface area contributed by atoms with E-state index in [-0.39, 0.29) is 11.9 Å². The molecule has 2 N–H and O–H groups in total. The highest BCUT2D eigenvalue weighted by Gasteiger charge is 2.25. The van der Waals surface area contributed by atoms with Crippen LogP contribution in [0, 0.1) is 11.7 Å². The lowest BCUT2D eigenvalue weighted by Gasteiger charge is -2.38. The first-order valence-corrected chi connectivity index (χ1v) is 7.98. The van der Waals surface area contributed by atoms with Gasteiger partial charge in [0.1, 0.15) is 5.82 Å². The van der Waals surface area contributed by atoms with Crippen molar-refractivity contribution < 1.29 is 4.39 Å². The summed E-state index contributed by atoms with van der Waals surface area (Å²) in [5.74, 6) is 0.263. The summed E-state index contributed by atoms with van der Waals surface area (Å²) in [7, 11) is 0. The maximum absolute atomic E-state index is 13.4. The molecule has 0 amide bonds. The van der Waals surface area contributed by atoms with Crippen LogP contribution in [0.1, 0.15) is 12.0 Å². The van der Waals surface area contributed by atoms with Crippen molar-refractivity contribution >= 4 is 17.3 Å². The van der Waals surface area contributed by atoms with Crippen molar-refractivity contribution in [2.75, 3.05) is 18.0 Å². The van der Waals surface area contributed by atoms with Gasteiger partial charge in [0.15, 0.2) is 0 Å². The molecule has 0 spiro atoms. The number of piperidine rings is 1. The Labute approximate surface area is 135 Å². The Balaban J connectivity index is 1.72. The summed E-state index contributed by atoms with van der Waals surface area (Å²) in [6.45, 7) is 1.68. The largest absolute Gasteiger partial charge is 0.370 e. The molecule has 1 aliphatic heterocycles. The van der Waals surface area contributed by atoms with Crippen LogP contribution in [-0.4, -0.2) is 19.1 Å². The predicted molar refractivity (Wildman–Crippen MR) is 89.9 cm³/mol. The minimum absolute atomic E-state index is 0.120. The van der Waals surface area contributed by atoms with Crippen molar-refractivity contribution in [1.82, 2.24) is 0 Å². The zero-order valence-corrected chi connectivity index (χ0v) is 13.1. The van der Waals surface area contributed by atoms with Crippen LogP contribution in [0.15, 0.2) is 48.5 Å². The molecule has 1 fully saturated rings. The van der Waals surface area contributed by atoms with E-state index in [2.05, 4.69) is 17.0 Å². The number of nitrogens with zero attached hydrogens (tertiary/aromatic N) is 1. The van der Waals surface area contributed by atoms with Crippen molar-refractivity contribution in [3.63, 3.8) is 0 Å². The van der Waals surface area contributed by atoms with Gasteiger partial charge in [-0.2, -0.15) is 0 Å². The average molecular weight is 319 g/mol. The minimum atomic E-state index is -0.203. The average Bonchev–Trinajstić information content (AvgIpc) is 2.49. The summed E-state index contributed by atoms with van der Waals surface area (Å²) < 4.78 is 13.4. The van der Waals surface area contributed by atoms with Crippen molar-refractivity contribution in [2.45, 2.75) is 18.9 Å². The van der Waals surface area contributed by atoms with Gasteiger partial charge in [0.25, 0.3) is 0 Å². The van der Waals surface area contributed by atoms with E-state index in [0.717, 1.165) is 36.6 Å². The van der Waals surface area contributed by atoms with Crippen LogP contribution in [0.3, 0.4) is 0 Å². The van der Waals surface area contributed by atoms with Crippen LogP contribution in [0.4, 0.5) is 10.1 Å². The van der Waals surface area contributed by atoms with Crippen molar-refractivity contribution in [3.05, 3.63) is 64.9 Å². The molecule has 22 heavy (non-hydrogen) atoms. The molecule has 0 aliphatic carbocycles. The number of nitrogens with two attached hydrogens (primary N) is 1. The van der Waals surface area contributed by atoms with Crippen molar-refractivity contribution in [2.24, 2.45) is 11.7 Å². The maximum atomic E-state index is 13.4.